The number of nitrogen functional groups attached to an aromatic ring is 1. The first kappa shape index (κ1) is 11.5. The van der Waals surface area contributed by atoms with E-state index in [9.17, 15) is 4.79 Å². The summed E-state index contributed by atoms with van der Waals surface area (Å²) in [7, 11) is 0. The van der Waals surface area contributed by atoms with Gasteiger partial charge in [-0.1, -0.05) is 23.7 Å². The van der Waals surface area contributed by atoms with Crippen LogP contribution in [0, 0.1) is 0 Å². The van der Waals surface area contributed by atoms with Gasteiger partial charge < -0.3 is 11.1 Å². The maximum absolute atomic E-state index is 11.9. The fraction of sp³-hybridized carbons (Fsp3) is 0. The average Bonchev–Trinajstić information content (AvgIpc) is 2.33. The molecule has 2 aromatic rings. The first-order valence-corrected chi connectivity index (χ1v) is 5.46. The summed E-state index contributed by atoms with van der Waals surface area (Å²) in [5.74, 6) is -0.210. The van der Waals surface area contributed by atoms with Crippen LogP contribution >= 0.6 is 11.6 Å². The highest BCUT2D eigenvalue weighted by atomic mass is 35.5. The summed E-state index contributed by atoms with van der Waals surface area (Å²) in [6.07, 6.45) is 0. The van der Waals surface area contributed by atoms with Gasteiger partial charge in [0.25, 0.3) is 5.91 Å². The molecule has 0 atom stereocenters. The van der Waals surface area contributed by atoms with Gasteiger partial charge in [-0.3, -0.25) is 4.79 Å². The number of carbonyl (C=O) groups excluding carboxylic acids is 1. The summed E-state index contributed by atoms with van der Waals surface area (Å²) in [5.41, 5.74) is 7.31. The molecular weight excluding hydrogens is 236 g/mol. The molecular formula is C13H11ClN2O. The van der Waals surface area contributed by atoms with Gasteiger partial charge in [0.1, 0.15) is 0 Å². The van der Waals surface area contributed by atoms with E-state index in [1.54, 1.807) is 42.5 Å². The number of nitrogens with two attached hydrogens (primary N) is 1. The normalized spacial score (nSPS) is 9.94. The number of amides is 1. The standard InChI is InChI=1S/C13H11ClN2O/c14-11-3-1-2-4-12(11)16-13(17)9-5-7-10(15)8-6-9/h1-8H,15H2,(H,16,17). The summed E-state index contributed by atoms with van der Waals surface area (Å²) in [6.45, 7) is 0. The minimum Gasteiger partial charge on any atom is -0.399 e. The van der Waals surface area contributed by atoms with Crippen molar-refractivity contribution in [1.29, 1.82) is 0 Å². The van der Waals surface area contributed by atoms with E-state index in [0.717, 1.165) is 0 Å². The Balaban J connectivity index is 2.17. The lowest BCUT2D eigenvalue weighted by molar-refractivity contribution is 0.102. The lowest BCUT2D eigenvalue weighted by Crippen LogP contribution is -2.12. The zero-order chi connectivity index (χ0) is 12.3. The fourth-order valence-corrected chi connectivity index (χ4v) is 1.57. The third-order valence-corrected chi connectivity index (χ3v) is 2.62. The second-order valence-electron chi connectivity index (χ2n) is 3.56. The minimum atomic E-state index is -0.210. The van der Waals surface area contributed by atoms with E-state index in [1.165, 1.54) is 0 Å². The minimum absolute atomic E-state index is 0.210. The van der Waals surface area contributed by atoms with Gasteiger partial charge in [-0.15, -0.1) is 0 Å². The maximum atomic E-state index is 11.9. The van der Waals surface area contributed by atoms with E-state index in [2.05, 4.69) is 5.32 Å². The molecule has 0 bridgehead atoms. The van der Waals surface area contributed by atoms with Crippen LogP contribution in [0.5, 0.6) is 0 Å². The molecule has 2 rings (SSSR count). The summed E-state index contributed by atoms with van der Waals surface area (Å²) in [5, 5.41) is 3.24. The first-order chi connectivity index (χ1) is 8.16. The third-order valence-electron chi connectivity index (χ3n) is 2.29. The molecule has 0 fully saturated rings. The van der Waals surface area contributed by atoms with Crippen LogP contribution in [0.25, 0.3) is 0 Å². The van der Waals surface area contributed by atoms with Crippen molar-refractivity contribution in [3.05, 3.63) is 59.1 Å². The Morgan fingerprint density at radius 1 is 1.06 bits per heavy atom. The van der Waals surface area contributed by atoms with E-state index in [0.29, 0.717) is 22.0 Å². The number of nitrogens with one attached hydrogen (secondary N) is 1. The van der Waals surface area contributed by atoms with Gasteiger partial charge in [0, 0.05) is 11.3 Å². The zero-order valence-electron chi connectivity index (χ0n) is 8.98. The maximum Gasteiger partial charge on any atom is 0.255 e. The number of hydrogen-bond acceptors (Lipinski definition) is 2. The molecule has 17 heavy (non-hydrogen) atoms. The van der Waals surface area contributed by atoms with E-state index in [1.807, 2.05) is 6.07 Å². The molecule has 86 valence electrons. The Morgan fingerprint density at radius 2 is 1.71 bits per heavy atom. The smallest absolute Gasteiger partial charge is 0.255 e. The predicted molar refractivity (Wildman–Crippen MR) is 70.3 cm³/mol. The Bertz CT molecular complexity index is 537. The van der Waals surface area contributed by atoms with E-state index >= 15 is 0 Å². The Labute approximate surface area is 104 Å². The average molecular weight is 247 g/mol. The highest BCUT2D eigenvalue weighted by Gasteiger charge is 2.07. The van der Waals surface area contributed by atoms with Crippen molar-refractivity contribution in [1.82, 2.24) is 0 Å². The molecule has 0 aliphatic rings. The quantitative estimate of drug-likeness (QED) is 0.800. The van der Waals surface area contributed by atoms with Crippen LogP contribution in [-0.2, 0) is 0 Å². The van der Waals surface area contributed by atoms with Crippen molar-refractivity contribution in [2.45, 2.75) is 0 Å². The van der Waals surface area contributed by atoms with Gasteiger partial charge in [-0.25, -0.2) is 0 Å². The molecule has 0 unspecified atom stereocenters. The number of para-hydroxylation sites is 1. The highest BCUT2D eigenvalue weighted by molar-refractivity contribution is 6.33. The monoisotopic (exact) mass is 246 g/mol. The third kappa shape index (κ3) is 2.77. The highest BCUT2D eigenvalue weighted by Crippen LogP contribution is 2.21. The number of anilines is 2. The van der Waals surface area contributed by atoms with Crippen molar-refractivity contribution >= 4 is 28.9 Å². The van der Waals surface area contributed by atoms with Crippen molar-refractivity contribution in [3.8, 4) is 0 Å². The van der Waals surface area contributed by atoms with Crippen LogP contribution in [0.3, 0.4) is 0 Å². The Hall–Kier alpha value is -2.00. The van der Waals surface area contributed by atoms with Gasteiger partial charge >= 0.3 is 0 Å². The Morgan fingerprint density at radius 3 is 2.35 bits per heavy atom. The molecule has 0 heterocycles. The van der Waals surface area contributed by atoms with Crippen LogP contribution < -0.4 is 11.1 Å². The fourth-order valence-electron chi connectivity index (χ4n) is 1.39. The van der Waals surface area contributed by atoms with Gasteiger partial charge in [0.05, 0.1) is 10.7 Å². The van der Waals surface area contributed by atoms with Crippen LogP contribution in [0.1, 0.15) is 10.4 Å². The molecule has 0 saturated carbocycles. The van der Waals surface area contributed by atoms with Crippen LogP contribution in [-0.4, -0.2) is 5.91 Å². The summed E-state index contributed by atoms with van der Waals surface area (Å²) >= 11 is 5.95. The molecule has 0 radical (unpaired) electrons. The lowest BCUT2D eigenvalue weighted by Gasteiger charge is -2.06. The molecule has 0 aromatic heterocycles. The van der Waals surface area contributed by atoms with Gasteiger partial charge in [-0.05, 0) is 36.4 Å². The summed E-state index contributed by atoms with van der Waals surface area (Å²) < 4.78 is 0. The van der Waals surface area contributed by atoms with Crippen molar-refractivity contribution in [2.24, 2.45) is 0 Å². The number of carbonyl (C=O) groups is 1. The SMILES string of the molecule is Nc1ccc(C(=O)Nc2ccccc2Cl)cc1. The number of hydrogen-bond donors (Lipinski definition) is 2. The van der Waals surface area contributed by atoms with Gasteiger partial charge in [-0.2, -0.15) is 0 Å². The molecule has 1 amide bonds. The molecule has 2 aromatic carbocycles. The molecule has 3 N–H and O–H groups in total. The van der Waals surface area contributed by atoms with Crippen molar-refractivity contribution < 1.29 is 4.79 Å². The number of benzene rings is 2. The van der Waals surface area contributed by atoms with Gasteiger partial charge in [0.2, 0.25) is 0 Å². The van der Waals surface area contributed by atoms with Crippen LogP contribution in [0.4, 0.5) is 11.4 Å². The topological polar surface area (TPSA) is 55.1 Å². The number of rotatable bonds is 2. The first-order valence-electron chi connectivity index (χ1n) is 5.08. The van der Waals surface area contributed by atoms with E-state index in [4.69, 9.17) is 17.3 Å². The zero-order valence-corrected chi connectivity index (χ0v) is 9.74. The largest absolute Gasteiger partial charge is 0.399 e. The van der Waals surface area contributed by atoms with Gasteiger partial charge in [0.15, 0.2) is 0 Å². The Kier molecular flexibility index (Phi) is 3.30. The molecule has 3 nitrogen and oxygen atoms in total. The number of halogens is 1. The molecule has 0 aliphatic carbocycles. The molecule has 0 spiro atoms. The summed E-state index contributed by atoms with van der Waals surface area (Å²) in [4.78, 5) is 11.9. The summed E-state index contributed by atoms with van der Waals surface area (Å²) in [6, 6.07) is 13.8. The van der Waals surface area contributed by atoms with E-state index < -0.39 is 0 Å². The van der Waals surface area contributed by atoms with Crippen LogP contribution in [0.2, 0.25) is 5.02 Å². The molecule has 0 aliphatic heterocycles. The van der Waals surface area contributed by atoms with Crippen molar-refractivity contribution in [3.63, 3.8) is 0 Å². The van der Waals surface area contributed by atoms with Crippen molar-refractivity contribution in [2.75, 3.05) is 11.1 Å². The lowest BCUT2D eigenvalue weighted by atomic mass is 10.2. The second-order valence-corrected chi connectivity index (χ2v) is 3.96. The van der Waals surface area contributed by atoms with Crippen LogP contribution in [0.15, 0.2) is 48.5 Å². The predicted octanol–water partition coefficient (Wildman–Crippen LogP) is 3.17. The van der Waals surface area contributed by atoms with E-state index in [-0.39, 0.29) is 5.91 Å². The molecule has 0 saturated heterocycles. The second kappa shape index (κ2) is 4.89. The molecule has 4 heteroatoms.